The first-order valence-electron chi connectivity index (χ1n) is 6.34. The van der Waals surface area contributed by atoms with Gasteiger partial charge in [-0.2, -0.15) is 0 Å². The van der Waals surface area contributed by atoms with Gasteiger partial charge in [-0.15, -0.1) is 0 Å². The number of benzene rings is 1. The molecule has 0 aliphatic rings. The van der Waals surface area contributed by atoms with Gasteiger partial charge in [0.05, 0.1) is 0 Å². The first kappa shape index (κ1) is 15.4. The van der Waals surface area contributed by atoms with Crippen molar-refractivity contribution in [2.75, 3.05) is 13.2 Å². The Labute approximate surface area is 113 Å². The van der Waals surface area contributed by atoms with Crippen LogP contribution in [0.4, 0.5) is 4.39 Å². The quantitative estimate of drug-likeness (QED) is 0.829. The molecule has 1 atom stereocenters. The fourth-order valence-corrected chi connectivity index (χ4v) is 1.48. The van der Waals surface area contributed by atoms with Gasteiger partial charge in [0.2, 0.25) is 0 Å². The molecule has 0 spiro atoms. The average Bonchev–Trinajstić information content (AvgIpc) is 2.33. The van der Waals surface area contributed by atoms with Gasteiger partial charge in [0.15, 0.2) is 6.61 Å². The standard InChI is InChI=1S/C14H21FN2O2/c1-9(2)7-17-14(18)8-19-11-4-5-12(10(3)16)13(15)6-11/h4-6,9-10H,7-8,16H2,1-3H3,(H,17,18). The molecule has 4 nitrogen and oxygen atoms in total. The van der Waals surface area contributed by atoms with Crippen LogP contribution in [-0.2, 0) is 4.79 Å². The highest BCUT2D eigenvalue weighted by Gasteiger charge is 2.09. The summed E-state index contributed by atoms with van der Waals surface area (Å²) in [6.45, 7) is 6.19. The maximum atomic E-state index is 13.6. The second kappa shape index (κ2) is 7.09. The van der Waals surface area contributed by atoms with E-state index in [0.29, 0.717) is 23.8 Å². The average molecular weight is 268 g/mol. The first-order valence-corrected chi connectivity index (χ1v) is 6.34. The summed E-state index contributed by atoms with van der Waals surface area (Å²) in [5.41, 5.74) is 6.04. The minimum absolute atomic E-state index is 0.121. The number of amides is 1. The molecule has 1 aromatic carbocycles. The molecule has 1 unspecified atom stereocenters. The molecule has 106 valence electrons. The second-order valence-corrected chi connectivity index (χ2v) is 4.96. The number of halogens is 1. The Morgan fingerprint density at radius 2 is 2.11 bits per heavy atom. The molecule has 5 heteroatoms. The number of ether oxygens (including phenoxy) is 1. The Balaban J connectivity index is 2.50. The van der Waals surface area contributed by atoms with Crippen LogP contribution in [0.25, 0.3) is 0 Å². The molecular formula is C14H21FN2O2. The van der Waals surface area contributed by atoms with E-state index < -0.39 is 5.82 Å². The molecule has 0 aliphatic heterocycles. The van der Waals surface area contributed by atoms with Crippen molar-refractivity contribution in [2.45, 2.75) is 26.8 Å². The molecule has 1 amide bonds. The number of rotatable bonds is 6. The van der Waals surface area contributed by atoms with Crippen LogP contribution in [0.1, 0.15) is 32.4 Å². The van der Waals surface area contributed by atoms with Gasteiger partial charge in [0.1, 0.15) is 11.6 Å². The van der Waals surface area contributed by atoms with Gasteiger partial charge in [-0.25, -0.2) is 4.39 Å². The lowest BCUT2D eigenvalue weighted by atomic mass is 10.1. The molecule has 0 heterocycles. The van der Waals surface area contributed by atoms with Crippen molar-refractivity contribution >= 4 is 5.91 Å². The van der Waals surface area contributed by atoms with Gasteiger partial charge >= 0.3 is 0 Å². The van der Waals surface area contributed by atoms with E-state index in [9.17, 15) is 9.18 Å². The zero-order chi connectivity index (χ0) is 14.4. The van der Waals surface area contributed by atoms with E-state index in [-0.39, 0.29) is 18.6 Å². The molecule has 19 heavy (non-hydrogen) atoms. The molecule has 0 aliphatic carbocycles. The molecule has 0 saturated heterocycles. The van der Waals surface area contributed by atoms with E-state index in [0.717, 1.165) is 0 Å². The number of carbonyl (C=O) groups excluding carboxylic acids is 1. The van der Waals surface area contributed by atoms with Crippen molar-refractivity contribution in [1.29, 1.82) is 0 Å². The Morgan fingerprint density at radius 1 is 1.42 bits per heavy atom. The molecule has 1 rings (SSSR count). The predicted octanol–water partition coefficient (Wildman–Crippen LogP) is 2.00. The monoisotopic (exact) mass is 268 g/mol. The second-order valence-electron chi connectivity index (χ2n) is 4.96. The van der Waals surface area contributed by atoms with Crippen molar-refractivity contribution in [1.82, 2.24) is 5.32 Å². The van der Waals surface area contributed by atoms with E-state index in [1.165, 1.54) is 6.07 Å². The maximum absolute atomic E-state index is 13.6. The number of hydrogen-bond acceptors (Lipinski definition) is 3. The van der Waals surface area contributed by atoms with Crippen LogP contribution in [0, 0.1) is 11.7 Å². The number of hydrogen-bond donors (Lipinski definition) is 2. The van der Waals surface area contributed by atoms with Crippen LogP contribution in [0.2, 0.25) is 0 Å². The van der Waals surface area contributed by atoms with E-state index in [2.05, 4.69) is 5.32 Å². The maximum Gasteiger partial charge on any atom is 0.257 e. The highest BCUT2D eigenvalue weighted by molar-refractivity contribution is 5.77. The van der Waals surface area contributed by atoms with Crippen molar-refractivity contribution in [3.8, 4) is 5.75 Å². The number of nitrogens with one attached hydrogen (secondary N) is 1. The van der Waals surface area contributed by atoms with Gasteiger partial charge in [-0.1, -0.05) is 19.9 Å². The smallest absolute Gasteiger partial charge is 0.257 e. The topological polar surface area (TPSA) is 64.3 Å². The highest BCUT2D eigenvalue weighted by Crippen LogP contribution is 2.20. The van der Waals surface area contributed by atoms with Gasteiger partial charge in [-0.3, -0.25) is 4.79 Å². The van der Waals surface area contributed by atoms with Crippen LogP contribution in [0.5, 0.6) is 5.75 Å². The molecular weight excluding hydrogens is 247 g/mol. The third kappa shape index (κ3) is 5.26. The SMILES string of the molecule is CC(C)CNC(=O)COc1ccc(C(C)N)c(F)c1. The molecule has 3 N–H and O–H groups in total. The van der Waals surface area contributed by atoms with Gasteiger partial charge < -0.3 is 15.8 Å². The summed E-state index contributed by atoms with van der Waals surface area (Å²) in [5.74, 6) is 0.0637. The first-order chi connectivity index (χ1) is 8.90. The fourth-order valence-electron chi connectivity index (χ4n) is 1.48. The molecule has 0 saturated carbocycles. The third-order valence-electron chi connectivity index (χ3n) is 2.54. The molecule has 0 aromatic heterocycles. The van der Waals surface area contributed by atoms with Crippen LogP contribution in [-0.4, -0.2) is 19.1 Å². The Bertz CT molecular complexity index is 433. The summed E-state index contributed by atoms with van der Waals surface area (Å²) in [5, 5.41) is 2.72. The van der Waals surface area contributed by atoms with E-state index >= 15 is 0 Å². The summed E-state index contributed by atoms with van der Waals surface area (Å²) >= 11 is 0. The number of nitrogens with two attached hydrogens (primary N) is 1. The highest BCUT2D eigenvalue weighted by atomic mass is 19.1. The molecule has 1 aromatic rings. The minimum Gasteiger partial charge on any atom is -0.484 e. The fraction of sp³-hybridized carbons (Fsp3) is 0.500. The van der Waals surface area contributed by atoms with Crippen molar-refractivity contribution in [3.05, 3.63) is 29.6 Å². The lowest BCUT2D eigenvalue weighted by molar-refractivity contribution is -0.123. The Hall–Kier alpha value is -1.62. The lowest BCUT2D eigenvalue weighted by Crippen LogP contribution is -2.31. The van der Waals surface area contributed by atoms with Crippen LogP contribution in [0.3, 0.4) is 0 Å². The van der Waals surface area contributed by atoms with Crippen molar-refractivity contribution in [2.24, 2.45) is 11.7 Å². The van der Waals surface area contributed by atoms with Gasteiger partial charge in [0.25, 0.3) is 5.91 Å². The minimum atomic E-state index is -0.421. The lowest BCUT2D eigenvalue weighted by Gasteiger charge is -2.11. The van der Waals surface area contributed by atoms with Crippen LogP contribution >= 0.6 is 0 Å². The van der Waals surface area contributed by atoms with Crippen molar-refractivity contribution < 1.29 is 13.9 Å². The summed E-state index contributed by atoms with van der Waals surface area (Å²) < 4.78 is 18.8. The van der Waals surface area contributed by atoms with E-state index in [1.54, 1.807) is 19.1 Å². The Morgan fingerprint density at radius 3 is 2.63 bits per heavy atom. The largest absolute Gasteiger partial charge is 0.484 e. The predicted molar refractivity (Wildman–Crippen MR) is 72.3 cm³/mol. The van der Waals surface area contributed by atoms with Crippen LogP contribution < -0.4 is 15.8 Å². The summed E-state index contributed by atoms with van der Waals surface area (Å²) in [4.78, 5) is 11.4. The summed E-state index contributed by atoms with van der Waals surface area (Å²) in [7, 11) is 0. The van der Waals surface area contributed by atoms with E-state index in [4.69, 9.17) is 10.5 Å². The zero-order valence-corrected chi connectivity index (χ0v) is 11.6. The molecule has 0 fully saturated rings. The van der Waals surface area contributed by atoms with Gasteiger partial charge in [-0.05, 0) is 18.9 Å². The zero-order valence-electron chi connectivity index (χ0n) is 11.6. The summed E-state index contributed by atoms with van der Waals surface area (Å²) in [6, 6.07) is 4.05. The van der Waals surface area contributed by atoms with Gasteiger partial charge in [0, 0.05) is 24.2 Å². The third-order valence-corrected chi connectivity index (χ3v) is 2.54. The Kier molecular flexibility index (Phi) is 5.76. The van der Waals surface area contributed by atoms with Crippen molar-refractivity contribution in [3.63, 3.8) is 0 Å². The molecule has 0 radical (unpaired) electrons. The molecule has 0 bridgehead atoms. The number of carbonyl (C=O) groups is 1. The van der Waals surface area contributed by atoms with E-state index in [1.807, 2.05) is 13.8 Å². The van der Waals surface area contributed by atoms with Crippen LogP contribution in [0.15, 0.2) is 18.2 Å². The summed E-state index contributed by atoms with van der Waals surface area (Å²) in [6.07, 6.45) is 0. The normalized spacial score (nSPS) is 12.3.